The molecule has 0 bridgehead atoms. The fourth-order valence-corrected chi connectivity index (χ4v) is 1.30. The van der Waals surface area contributed by atoms with Crippen LogP contribution in [0.5, 0.6) is 0 Å². The van der Waals surface area contributed by atoms with E-state index < -0.39 is 15.8 Å². The van der Waals surface area contributed by atoms with Crippen molar-refractivity contribution in [2.75, 3.05) is 13.4 Å². The lowest BCUT2D eigenvalue weighted by molar-refractivity contribution is -0.135. The minimum Gasteiger partial charge on any atom is -0.465 e. The first-order chi connectivity index (χ1) is 5.84. The number of sulfone groups is 1. The van der Waals surface area contributed by atoms with E-state index in [1.807, 2.05) is 0 Å². The molecule has 0 aromatic heterocycles. The van der Waals surface area contributed by atoms with Gasteiger partial charge in [0, 0.05) is 6.26 Å². The van der Waals surface area contributed by atoms with Gasteiger partial charge in [-0.1, -0.05) is 12.7 Å². The van der Waals surface area contributed by atoms with Gasteiger partial charge in [0.2, 0.25) is 0 Å². The Morgan fingerprint density at radius 2 is 1.92 bits per heavy atom. The lowest BCUT2D eigenvalue weighted by atomic mass is 10.2. The quantitative estimate of drug-likeness (QED) is 0.385. The highest BCUT2D eigenvalue weighted by atomic mass is 32.2. The highest BCUT2D eigenvalue weighted by Gasteiger charge is 2.19. The number of allylic oxidation sites excluding steroid dienone is 1. The lowest BCUT2D eigenvalue weighted by Crippen LogP contribution is -2.12. The minimum absolute atomic E-state index is 0.0231. The van der Waals surface area contributed by atoms with Crippen LogP contribution < -0.4 is 0 Å². The summed E-state index contributed by atoms with van der Waals surface area (Å²) in [4.78, 5) is 10.8. The topological polar surface area (TPSA) is 60.4 Å². The molecule has 0 N–H and O–H groups in total. The Labute approximate surface area is 77.8 Å². The first kappa shape index (κ1) is 11.9. The Kier molecular flexibility index (Phi) is 3.87. The molecule has 0 saturated carbocycles. The molecule has 5 heteroatoms. The standard InChI is InChI=1S/C8H12O4S/c1-5-7(8(9)12-3)6(2)13(4,10)11/h5H,2H2,1,3-4H3. The molecule has 13 heavy (non-hydrogen) atoms. The van der Waals surface area contributed by atoms with Crippen LogP contribution in [0.1, 0.15) is 6.92 Å². The van der Waals surface area contributed by atoms with Crippen molar-refractivity contribution in [2.45, 2.75) is 6.92 Å². The molecule has 0 spiro atoms. The van der Waals surface area contributed by atoms with Crippen LogP contribution >= 0.6 is 0 Å². The SMILES string of the molecule is C=C(C(=CC)C(=O)OC)S(C)(=O)=O. The molecule has 0 amide bonds. The molecule has 0 fully saturated rings. The monoisotopic (exact) mass is 204 g/mol. The molecule has 0 rings (SSSR count). The maximum absolute atomic E-state index is 11.0. The number of methoxy groups -OCH3 is 1. The van der Waals surface area contributed by atoms with Crippen LogP contribution in [-0.2, 0) is 19.4 Å². The van der Waals surface area contributed by atoms with Crippen molar-refractivity contribution in [3.8, 4) is 0 Å². The minimum atomic E-state index is -3.43. The average Bonchev–Trinajstić information content (AvgIpc) is 2.03. The van der Waals surface area contributed by atoms with Crippen LogP contribution in [0.15, 0.2) is 23.1 Å². The molecule has 0 aromatic carbocycles. The van der Waals surface area contributed by atoms with Crippen molar-refractivity contribution >= 4 is 15.8 Å². The maximum atomic E-state index is 11.0. The summed E-state index contributed by atoms with van der Waals surface area (Å²) in [7, 11) is -2.25. The molecule has 74 valence electrons. The Balaban J connectivity index is 5.07. The van der Waals surface area contributed by atoms with Gasteiger partial charge in [0.15, 0.2) is 9.84 Å². The van der Waals surface area contributed by atoms with Gasteiger partial charge in [-0.25, -0.2) is 13.2 Å². The fourth-order valence-electron chi connectivity index (χ4n) is 0.702. The van der Waals surface area contributed by atoms with Crippen LogP contribution in [-0.4, -0.2) is 27.8 Å². The maximum Gasteiger partial charge on any atom is 0.338 e. The largest absolute Gasteiger partial charge is 0.465 e. The number of ether oxygens (including phenoxy) is 1. The Morgan fingerprint density at radius 1 is 1.46 bits per heavy atom. The van der Waals surface area contributed by atoms with Gasteiger partial charge in [-0.15, -0.1) is 0 Å². The molecule has 4 nitrogen and oxygen atoms in total. The van der Waals surface area contributed by atoms with E-state index in [1.165, 1.54) is 13.2 Å². The van der Waals surface area contributed by atoms with Crippen LogP contribution in [0, 0.1) is 0 Å². The number of hydrogen-bond donors (Lipinski definition) is 0. The number of hydrogen-bond acceptors (Lipinski definition) is 4. The molecule has 0 heterocycles. The first-order valence-corrected chi connectivity index (χ1v) is 5.37. The van der Waals surface area contributed by atoms with Crippen LogP contribution in [0.2, 0.25) is 0 Å². The predicted molar refractivity (Wildman–Crippen MR) is 49.8 cm³/mol. The summed E-state index contributed by atoms with van der Waals surface area (Å²) in [5.41, 5.74) is -0.0231. The van der Waals surface area contributed by atoms with E-state index in [9.17, 15) is 13.2 Å². The highest BCUT2D eigenvalue weighted by Crippen LogP contribution is 2.14. The second kappa shape index (κ2) is 4.23. The number of carbonyl (C=O) groups is 1. The van der Waals surface area contributed by atoms with Gasteiger partial charge < -0.3 is 4.74 Å². The van der Waals surface area contributed by atoms with E-state index in [2.05, 4.69) is 11.3 Å². The Hall–Kier alpha value is -1.10. The molecule has 0 aliphatic rings. The summed E-state index contributed by atoms with van der Waals surface area (Å²) < 4.78 is 26.4. The van der Waals surface area contributed by atoms with Gasteiger partial charge >= 0.3 is 5.97 Å². The third-order valence-corrected chi connectivity index (χ3v) is 2.56. The zero-order valence-electron chi connectivity index (χ0n) is 7.83. The molecule has 0 saturated heterocycles. The summed E-state index contributed by atoms with van der Waals surface area (Å²) in [5, 5.41) is 0. The van der Waals surface area contributed by atoms with Crippen LogP contribution in [0.3, 0.4) is 0 Å². The molecule has 0 atom stereocenters. The van der Waals surface area contributed by atoms with Crippen molar-refractivity contribution < 1.29 is 17.9 Å². The van der Waals surface area contributed by atoms with Gasteiger partial charge in [-0.3, -0.25) is 0 Å². The lowest BCUT2D eigenvalue weighted by Gasteiger charge is -2.05. The average molecular weight is 204 g/mol. The van der Waals surface area contributed by atoms with Gasteiger partial charge in [-0.05, 0) is 6.92 Å². The second-order valence-corrected chi connectivity index (χ2v) is 4.43. The van der Waals surface area contributed by atoms with E-state index in [-0.39, 0.29) is 10.5 Å². The number of carbonyl (C=O) groups excluding carboxylic acids is 1. The summed E-state index contributed by atoms with van der Waals surface area (Å²) in [6.45, 7) is 4.85. The van der Waals surface area contributed by atoms with Gasteiger partial charge in [0.25, 0.3) is 0 Å². The van der Waals surface area contributed by atoms with Crippen molar-refractivity contribution in [3.63, 3.8) is 0 Å². The van der Waals surface area contributed by atoms with Crippen LogP contribution in [0.4, 0.5) is 0 Å². The second-order valence-electron chi connectivity index (χ2n) is 2.39. The van der Waals surface area contributed by atoms with E-state index in [0.717, 1.165) is 6.26 Å². The van der Waals surface area contributed by atoms with E-state index in [0.29, 0.717) is 0 Å². The zero-order valence-corrected chi connectivity index (χ0v) is 8.64. The van der Waals surface area contributed by atoms with E-state index in [1.54, 1.807) is 6.92 Å². The Morgan fingerprint density at radius 3 is 2.15 bits per heavy atom. The van der Waals surface area contributed by atoms with Crippen molar-refractivity contribution in [1.82, 2.24) is 0 Å². The third-order valence-electron chi connectivity index (χ3n) is 1.44. The summed E-state index contributed by atoms with van der Waals surface area (Å²) in [5.74, 6) is -0.696. The predicted octanol–water partition coefficient (Wildman–Crippen LogP) is 0.664. The van der Waals surface area contributed by atoms with Gasteiger partial charge in [0.05, 0.1) is 17.6 Å². The van der Waals surface area contributed by atoms with Gasteiger partial charge in [0.1, 0.15) is 0 Å². The van der Waals surface area contributed by atoms with E-state index in [4.69, 9.17) is 0 Å². The fraction of sp³-hybridized carbons (Fsp3) is 0.375. The smallest absolute Gasteiger partial charge is 0.338 e. The molecular formula is C8H12O4S. The number of rotatable bonds is 3. The van der Waals surface area contributed by atoms with Crippen LogP contribution in [0.25, 0.3) is 0 Å². The van der Waals surface area contributed by atoms with E-state index >= 15 is 0 Å². The first-order valence-electron chi connectivity index (χ1n) is 3.48. The normalized spacial score (nSPS) is 12.4. The number of esters is 1. The van der Waals surface area contributed by atoms with Crippen molar-refractivity contribution in [2.24, 2.45) is 0 Å². The molecule has 0 radical (unpaired) electrons. The molecule has 0 aromatic rings. The third kappa shape index (κ3) is 3.02. The van der Waals surface area contributed by atoms with Crippen molar-refractivity contribution in [1.29, 1.82) is 0 Å². The summed E-state index contributed by atoms with van der Waals surface area (Å²) in [6, 6.07) is 0. The molecule has 0 aliphatic carbocycles. The van der Waals surface area contributed by atoms with Gasteiger partial charge in [-0.2, -0.15) is 0 Å². The summed E-state index contributed by atoms with van der Waals surface area (Å²) in [6.07, 6.45) is 2.34. The van der Waals surface area contributed by atoms with Crippen molar-refractivity contribution in [3.05, 3.63) is 23.1 Å². The highest BCUT2D eigenvalue weighted by molar-refractivity contribution is 7.94. The molecule has 0 unspecified atom stereocenters. The zero-order chi connectivity index (χ0) is 10.6. The Bertz CT molecular complexity index is 348. The molecule has 0 aliphatic heterocycles. The summed E-state index contributed by atoms with van der Waals surface area (Å²) >= 11 is 0. The molecular weight excluding hydrogens is 192 g/mol.